The summed E-state index contributed by atoms with van der Waals surface area (Å²) in [6.07, 6.45) is 2.27. The summed E-state index contributed by atoms with van der Waals surface area (Å²) in [4.78, 5) is 22.2. The molecule has 0 spiro atoms. The summed E-state index contributed by atoms with van der Waals surface area (Å²) in [6.45, 7) is 2.05. The molecule has 0 radical (unpaired) electrons. The second kappa shape index (κ2) is 7.62. The van der Waals surface area contributed by atoms with Crippen LogP contribution in [0.25, 0.3) is 0 Å². The highest BCUT2D eigenvalue weighted by molar-refractivity contribution is 5.87. The second-order valence-corrected chi connectivity index (χ2v) is 3.71. The zero-order valence-corrected chi connectivity index (χ0v) is 10.3. The lowest BCUT2D eigenvalue weighted by atomic mass is 10.3. The molecule has 0 bridgehead atoms. The van der Waals surface area contributed by atoms with Crippen LogP contribution in [0.1, 0.15) is 16.8 Å². The SMILES string of the molecule is COCCCOCCn1ccc(C(=O)O)cc1=O. The van der Waals surface area contributed by atoms with Crippen molar-refractivity contribution in [3.63, 3.8) is 0 Å². The average molecular weight is 255 g/mol. The van der Waals surface area contributed by atoms with E-state index >= 15 is 0 Å². The molecule has 0 amide bonds. The largest absolute Gasteiger partial charge is 0.478 e. The maximum atomic E-state index is 11.5. The molecule has 0 saturated heterocycles. The number of hydrogen-bond donors (Lipinski definition) is 1. The van der Waals surface area contributed by atoms with Gasteiger partial charge in [0.15, 0.2) is 0 Å². The van der Waals surface area contributed by atoms with Crippen LogP contribution in [0.5, 0.6) is 0 Å². The quantitative estimate of drug-likeness (QED) is 0.688. The fourth-order valence-electron chi connectivity index (χ4n) is 1.40. The summed E-state index contributed by atoms with van der Waals surface area (Å²) in [5.41, 5.74) is -0.340. The van der Waals surface area contributed by atoms with Crippen molar-refractivity contribution in [1.29, 1.82) is 0 Å². The Kier molecular flexibility index (Phi) is 6.10. The van der Waals surface area contributed by atoms with Gasteiger partial charge in [-0.15, -0.1) is 0 Å². The predicted molar refractivity (Wildman–Crippen MR) is 65.0 cm³/mol. The third-order valence-electron chi connectivity index (χ3n) is 2.36. The van der Waals surface area contributed by atoms with Crippen LogP contribution in [0.4, 0.5) is 0 Å². The molecule has 0 aliphatic rings. The number of carbonyl (C=O) groups is 1. The lowest BCUT2D eigenvalue weighted by Crippen LogP contribution is -2.22. The van der Waals surface area contributed by atoms with Gasteiger partial charge < -0.3 is 19.1 Å². The number of pyridine rings is 1. The van der Waals surface area contributed by atoms with Gasteiger partial charge >= 0.3 is 5.97 Å². The molecule has 0 unspecified atom stereocenters. The summed E-state index contributed by atoms with van der Waals surface area (Å²) in [5.74, 6) is -1.10. The van der Waals surface area contributed by atoms with E-state index in [1.54, 1.807) is 7.11 Å². The number of hydrogen-bond acceptors (Lipinski definition) is 4. The van der Waals surface area contributed by atoms with E-state index in [-0.39, 0.29) is 11.1 Å². The molecule has 0 aromatic carbocycles. The Balaban J connectivity index is 2.39. The minimum absolute atomic E-state index is 0.00253. The minimum atomic E-state index is -1.10. The lowest BCUT2D eigenvalue weighted by Gasteiger charge is -2.07. The number of nitrogens with zero attached hydrogens (tertiary/aromatic N) is 1. The summed E-state index contributed by atoms with van der Waals surface area (Å²) in [5, 5.41) is 8.71. The van der Waals surface area contributed by atoms with Gasteiger partial charge in [-0.1, -0.05) is 0 Å². The third-order valence-corrected chi connectivity index (χ3v) is 2.36. The summed E-state index contributed by atoms with van der Waals surface area (Å²) < 4.78 is 11.6. The molecule has 100 valence electrons. The van der Waals surface area contributed by atoms with Crippen molar-refractivity contribution in [1.82, 2.24) is 4.57 Å². The van der Waals surface area contributed by atoms with Crippen molar-refractivity contribution in [2.75, 3.05) is 26.9 Å². The Labute approximate surface area is 105 Å². The van der Waals surface area contributed by atoms with Crippen molar-refractivity contribution in [3.05, 3.63) is 34.2 Å². The van der Waals surface area contributed by atoms with Gasteiger partial charge in [0.25, 0.3) is 5.56 Å². The Morgan fingerprint density at radius 2 is 2.17 bits per heavy atom. The van der Waals surface area contributed by atoms with E-state index in [4.69, 9.17) is 14.6 Å². The number of rotatable bonds is 8. The summed E-state index contributed by atoms with van der Waals surface area (Å²) in [7, 11) is 1.63. The number of carboxylic acids is 1. The fourth-order valence-corrected chi connectivity index (χ4v) is 1.40. The first-order valence-corrected chi connectivity index (χ1v) is 5.65. The molecule has 1 aromatic heterocycles. The van der Waals surface area contributed by atoms with Crippen molar-refractivity contribution in [3.8, 4) is 0 Å². The van der Waals surface area contributed by atoms with Crippen molar-refractivity contribution in [2.45, 2.75) is 13.0 Å². The van der Waals surface area contributed by atoms with Crippen LogP contribution in [0.15, 0.2) is 23.1 Å². The smallest absolute Gasteiger partial charge is 0.335 e. The van der Waals surface area contributed by atoms with E-state index in [9.17, 15) is 9.59 Å². The molecule has 6 heteroatoms. The molecule has 1 N–H and O–H groups in total. The van der Waals surface area contributed by atoms with Crippen molar-refractivity contribution in [2.24, 2.45) is 0 Å². The molecule has 18 heavy (non-hydrogen) atoms. The highest BCUT2D eigenvalue weighted by Gasteiger charge is 2.04. The Morgan fingerprint density at radius 1 is 1.39 bits per heavy atom. The highest BCUT2D eigenvalue weighted by atomic mass is 16.5. The van der Waals surface area contributed by atoms with Crippen LogP contribution in [0.2, 0.25) is 0 Å². The average Bonchev–Trinajstić information content (AvgIpc) is 2.35. The van der Waals surface area contributed by atoms with Gasteiger partial charge in [0.2, 0.25) is 0 Å². The molecule has 0 aliphatic carbocycles. The van der Waals surface area contributed by atoms with Crippen LogP contribution in [-0.4, -0.2) is 42.6 Å². The Morgan fingerprint density at radius 3 is 2.78 bits per heavy atom. The predicted octanol–water partition coefficient (Wildman–Crippen LogP) is 0.600. The number of carboxylic acid groups (broad SMARTS) is 1. The first-order chi connectivity index (χ1) is 8.65. The lowest BCUT2D eigenvalue weighted by molar-refractivity contribution is 0.0696. The Bertz CT molecular complexity index is 440. The molecule has 1 rings (SSSR count). The zero-order valence-electron chi connectivity index (χ0n) is 10.3. The minimum Gasteiger partial charge on any atom is -0.478 e. The van der Waals surface area contributed by atoms with Crippen molar-refractivity contribution < 1.29 is 19.4 Å². The van der Waals surface area contributed by atoms with E-state index in [0.717, 1.165) is 12.5 Å². The molecule has 1 heterocycles. The number of ether oxygens (including phenoxy) is 2. The Hall–Kier alpha value is -1.66. The van der Waals surface area contributed by atoms with Crippen LogP contribution >= 0.6 is 0 Å². The molecule has 0 fully saturated rings. The van der Waals surface area contributed by atoms with E-state index in [0.29, 0.717) is 26.4 Å². The third kappa shape index (κ3) is 4.68. The molecule has 1 aromatic rings. The molecular formula is C12H17NO5. The normalized spacial score (nSPS) is 10.5. The van der Waals surface area contributed by atoms with Gasteiger partial charge in [-0.2, -0.15) is 0 Å². The number of methoxy groups -OCH3 is 1. The molecule has 6 nitrogen and oxygen atoms in total. The summed E-state index contributed by atoms with van der Waals surface area (Å²) >= 11 is 0. The van der Waals surface area contributed by atoms with E-state index < -0.39 is 5.97 Å². The molecular weight excluding hydrogens is 238 g/mol. The highest BCUT2D eigenvalue weighted by Crippen LogP contribution is 1.94. The number of aromatic carboxylic acids is 1. The first kappa shape index (κ1) is 14.4. The number of aromatic nitrogens is 1. The van der Waals surface area contributed by atoms with Gasteiger partial charge in [-0.05, 0) is 12.5 Å². The van der Waals surface area contributed by atoms with Gasteiger partial charge in [0.05, 0.1) is 12.2 Å². The molecule has 0 aliphatic heterocycles. The van der Waals surface area contributed by atoms with Gasteiger partial charge in [-0.25, -0.2) is 4.79 Å². The zero-order chi connectivity index (χ0) is 13.4. The standard InChI is InChI=1S/C12H17NO5/c1-17-6-2-7-18-8-5-13-4-3-10(12(15)16)9-11(13)14/h3-4,9H,2,5-8H2,1H3,(H,15,16). The van der Waals surface area contributed by atoms with Gasteiger partial charge in [-0.3, -0.25) is 4.79 Å². The summed E-state index contributed by atoms with van der Waals surface area (Å²) in [6, 6.07) is 2.50. The maximum Gasteiger partial charge on any atom is 0.335 e. The van der Waals surface area contributed by atoms with Gasteiger partial charge in [0, 0.05) is 39.1 Å². The first-order valence-electron chi connectivity index (χ1n) is 5.65. The maximum absolute atomic E-state index is 11.5. The van der Waals surface area contributed by atoms with E-state index in [1.165, 1.54) is 16.8 Å². The van der Waals surface area contributed by atoms with Crippen LogP contribution < -0.4 is 5.56 Å². The van der Waals surface area contributed by atoms with E-state index in [1.807, 2.05) is 0 Å². The molecule has 0 atom stereocenters. The van der Waals surface area contributed by atoms with Gasteiger partial charge in [0.1, 0.15) is 0 Å². The topological polar surface area (TPSA) is 77.8 Å². The fraction of sp³-hybridized carbons (Fsp3) is 0.500. The van der Waals surface area contributed by atoms with E-state index in [2.05, 4.69) is 0 Å². The second-order valence-electron chi connectivity index (χ2n) is 3.71. The van der Waals surface area contributed by atoms with Crippen LogP contribution in [0, 0.1) is 0 Å². The van der Waals surface area contributed by atoms with Crippen LogP contribution in [0.3, 0.4) is 0 Å². The van der Waals surface area contributed by atoms with Crippen LogP contribution in [-0.2, 0) is 16.0 Å². The molecule has 0 saturated carbocycles. The monoisotopic (exact) mass is 255 g/mol. The van der Waals surface area contributed by atoms with Crippen molar-refractivity contribution >= 4 is 5.97 Å².